The van der Waals surface area contributed by atoms with Gasteiger partial charge in [0, 0.05) is 24.9 Å². The number of aromatic amines is 1. The van der Waals surface area contributed by atoms with E-state index in [-0.39, 0.29) is 27.8 Å². The van der Waals surface area contributed by atoms with Gasteiger partial charge in [-0.15, -0.1) is 13.2 Å². The third-order valence-corrected chi connectivity index (χ3v) is 3.96. The molecular weight excluding hydrogens is 361 g/mol. The predicted octanol–water partition coefficient (Wildman–Crippen LogP) is 3.85. The number of aromatic nitrogens is 3. The molecule has 142 valence electrons. The minimum atomic E-state index is -4.62. The Bertz CT molecular complexity index is 932. The van der Waals surface area contributed by atoms with Gasteiger partial charge in [-0.25, -0.2) is 0 Å². The molecule has 3 aromatic rings. The van der Waals surface area contributed by atoms with Crippen LogP contribution in [0.3, 0.4) is 0 Å². The van der Waals surface area contributed by atoms with Crippen LogP contribution >= 0.6 is 0 Å². The van der Waals surface area contributed by atoms with Crippen LogP contribution < -0.4 is 10.1 Å². The molecule has 0 aliphatic heterocycles. The van der Waals surface area contributed by atoms with Gasteiger partial charge in [0.2, 0.25) is 0 Å². The fraction of sp³-hybridized carbons (Fsp3) is 0.222. The molecule has 27 heavy (non-hydrogen) atoms. The van der Waals surface area contributed by atoms with Crippen molar-refractivity contribution < 1.29 is 22.7 Å². The van der Waals surface area contributed by atoms with Gasteiger partial charge in [-0.2, -0.15) is 9.78 Å². The number of alkyl halides is 3. The highest BCUT2D eigenvalue weighted by Crippen LogP contribution is 2.32. The first-order chi connectivity index (χ1) is 12.8. The number of hydrogen-bond donors (Lipinski definition) is 2. The van der Waals surface area contributed by atoms with Crippen molar-refractivity contribution in [1.82, 2.24) is 20.1 Å². The van der Waals surface area contributed by atoms with Gasteiger partial charge in [0.25, 0.3) is 5.91 Å². The van der Waals surface area contributed by atoms with E-state index in [9.17, 15) is 18.0 Å². The van der Waals surface area contributed by atoms with E-state index in [4.69, 9.17) is 4.74 Å². The van der Waals surface area contributed by atoms with E-state index in [1.54, 1.807) is 0 Å². The van der Waals surface area contributed by atoms with Crippen molar-refractivity contribution in [3.05, 3.63) is 60.0 Å². The maximum atomic E-state index is 12.7. The molecule has 0 unspecified atom stereocenters. The molecule has 1 amide bonds. The summed E-state index contributed by atoms with van der Waals surface area (Å²) in [5.74, 6) is -0.208. The van der Waals surface area contributed by atoms with Crippen molar-refractivity contribution in [2.24, 2.45) is 0 Å². The maximum Gasteiger partial charge on any atom is 0.504 e. The van der Waals surface area contributed by atoms with E-state index >= 15 is 0 Å². The average molecular weight is 378 g/mol. The lowest BCUT2D eigenvalue weighted by atomic mass is 10.1. The topological polar surface area (TPSA) is 71.9 Å². The van der Waals surface area contributed by atoms with Crippen LogP contribution in [0.1, 0.15) is 29.1 Å². The summed E-state index contributed by atoms with van der Waals surface area (Å²) < 4.78 is 44.0. The zero-order valence-corrected chi connectivity index (χ0v) is 14.5. The Morgan fingerprint density at radius 1 is 1.30 bits per heavy atom. The molecule has 2 N–H and O–H groups in total. The number of ether oxygens (including phenoxy) is 1. The Morgan fingerprint density at radius 3 is 2.59 bits per heavy atom. The van der Waals surface area contributed by atoms with Crippen molar-refractivity contribution in [2.75, 3.05) is 7.05 Å². The van der Waals surface area contributed by atoms with Crippen LogP contribution in [0, 0.1) is 0 Å². The van der Waals surface area contributed by atoms with Crippen molar-refractivity contribution >= 4 is 5.91 Å². The summed E-state index contributed by atoms with van der Waals surface area (Å²) in [5.41, 5.74) is 1.49. The number of H-pyrrole nitrogens is 1. The molecule has 6 nitrogen and oxygen atoms in total. The summed E-state index contributed by atoms with van der Waals surface area (Å²) in [6.45, 7) is 1.82. The van der Waals surface area contributed by atoms with Crippen LogP contribution in [-0.4, -0.2) is 27.7 Å². The molecule has 0 saturated heterocycles. The lowest BCUT2D eigenvalue weighted by Gasteiger charge is -2.14. The van der Waals surface area contributed by atoms with Crippen LogP contribution in [0.4, 0.5) is 13.2 Å². The summed E-state index contributed by atoms with van der Waals surface area (Å²) in [6.07, 6.45) is -3.08. The standard InChI is InChI=1S/C18H17F3N4O2/c1-11(12-6-4-3-5-7-12)27-15-8-14(24-16(15)17(26)22-2)13-9-23-25(10-13)18(19,20)21/h3-11,24H,1-2H3,(H,22,26)/t11-/m0/s1. The van der Waals surface area contributed by atoms with Crippen molar-refractivity contribution in [3.63, 3.8) is 0 Å². The number of benzene rings is 1. The average Bonchev–Trinajstić information content (AvgIpc) is 3.28. The van der Waals surface area contributed by atoms with Crippen LogP contribution in [0.15, 0.2) is 48.8 Å². The Hall–Kier alpha value is -3.23. The molecule has 0 fully saturated rings. The SMILES string of the molecule is CNC(=O)c1[nH]c(-c2cnn(C(F)(F)F)c2)cc1O[C@@H](C)c1ccccc1. The third-order valence-electron chi connectivity index (χ3n) is 3.96. The molecule has 0 spiro atoms. The number of nitrogens with one attached hydrogen (secondary N) is 2. The van der Waals surface area contributed by atoms with E-state index in [1.807, 2.05) is 37.3 Å². The highest BCUT2D eigenvalue weighted by atomic mass is 19.4. The maximum absolute atomic E-state index is 12.7. The zero-order chi connectivity index (χ0) is 19.6. The van der Waals surface area contributed by atoms with Crippen molar-refractivity contribution in [1.29, 1.82) is 0 Å². The van der Waals surface area contributed by atoms with E-state index < -0.39 is 12.2 Å². The van der Waals surface area contributed by atoms with E-state index in [0.717, 1.165) is 18.0 Å². The Morgan fingerprint density at radius 2 is 2.00 bits per heavy atom. The number of hydrogen-bond acceptors (Lipinski definition) is 3. The van der Waals surface area contributed by atoms with Gasteiger partial charge in [0.1, 0.15) is 11.8 Å². The summed E-state index contributed by atoms with van der Waals surface area (Å²) in [4.78, 5) is 15.0. The molecule has 0 aliphatic rings. The lowest BCUT2D eigenvalue weighted by molar-refractivity contribution is -0.212. The number of rotatable bonds is 5. The first-order valence-electron chi connectivity index (χ1n) is 8.08. The first kappa shape index (κ1) is 18.6. The van der Waals surface area contributed by atoms with Gasteiger partial charge in [0.15, 0.2) is 5.75 Å². The molecule has 2 aromatic heterocycles. The van der Waals surface area contributed by atoms with Crippen molar-refractivity contribution in [3.8, 4) is 17.0 Å². The van der Waals surface area contributed by atoms with Gasteiger partial charge >= 0.3 is 6.30 Å². The molecule has 1 aromatic carbocycles. The van der Waals surface area contributed by atoms with Gasteiger partial charge in [-0.1, -0.05) is 30.3 Å². The van der Waals surface area contributed by atoms with Gasteiger partial charge in [-0.05, 0) is 12.5 Å². The van der Waals surface area contributed by atoms with Gasteiger partial charge in [0.05, 0.1) is 11.9 Å². The quantitative estimate of drug-likeness (QED) is 0.708. The normalized spacial score (nSPS) is 12.6. The molecule has 3 rings (SSSR count). The van der Waals surface area contributed by atoms with Crippen molar-refractivity contribution in [2.45, 2.75) is 19.3 Å². The zero-order valence-electron chi connectivity index (χ0n) is 14.5. The monoisotopic (exact) mass is 378 g/mol. The van der Waals surface area contributed by atoms with Crippen LogP contribution in [0.5, 0.6) is 5.75 Å². The van der Waals surface area contributed by atoms with Gasteiger partial charge in [-0.3, -0.25) is 4.79 Å². The third kappa shape index (κ3) is 3.97. The molecular formula is C18H17F3N4O2. The van der Waals surface area contributed by atoms with Crippen LogP contribution in [-0.2, 0) is 6.30 Å². The van der Waals surface area contributed by atoms with E-state index in [1.165, 1.54) is 13.1 Å². The number of carbonyl (C=O) groups excluding carboxylic acids is 1. The second-order valence-electron chi connectivity index (χ2n) is 5.81. The molecule has 1 atom stereocenters. The van der Waals surface area contributed by atoms with Crippen LogP contribution in [0.25, 0.3) is 11.3 Å². The second-order valence-corrected chi connectivity index (χ2v) is 5.81. The highest BCUT2D eigenvalue weighted by Gasteiger charge is 2.32. The molecule has 0 aliphatic carbocycles. The lowest BCUT2D eigenvalue weighted by Crippen LogP contribution is -2.19. The molecule has 2 heterocycles. The highest BCUT2D eigenvalue weighted by molar-refractivity contribution is 5.96. The molecule has 0 saturated carbocycles. The number of amides is 1. The number of carbonyl (C=O) groups is 1. The number of halogens is 3. The van der Waals surface area contributed by atoms with Gasteiger partial charge < -0.3 is 15.0 Å². The fourth-order valence-electron chi connectivity index (χ4n) is 2.56. The van der Waals surface area contributed by atoms with E-state index in [2.05, 4.69) is 15.4 Å². The summed E-state index contributed by atoms with van der Waals surface area (Å²) in [5, 5.41) is 5.78. The largest absolute Gasteiger partial charge is 0.504 e. The minimum Gasteiger partial charge on any atom is -0.484 e. The van der Waals surface area contributed by atoms with E-state index in [0.29, 0.717) is 5.69 Å². The summed E-state index contributed by atoms with van der Waals surface area (Å²) >= 11 is 0. The first-order valence-corrected chi connectivity index (χ1v) is 8.08. The molecule has 0 bridgehead atoms. The molecule has 9 heteroatoms. The summed E-state index contributed by atoms with van der Waals surface area (Å²) in [6, 6.07) is 10.9. The number of nitrogens with zero attached hydrogens (tertiary/aromatic N) is 2. The summed E-state index contributed by atoms with van der Waals surface area (Å²) in [7, 11) is 1.45. The van der Waals surface area contributed by atoms with Crippen LogP contribution in [0.2, 0.25) is 0 Å². The smallest absolute Gasteiger partial charge is 0.484 e. The predicted molar refractivity (Wildman–Crippen MR) is 92.2 cm³/mol. The Kier molecular flexibility index (Phi) is 4.93. The fourth-order valence-corrected chi connectivity index (χ4v) is 2.56. The Labute approximate surface area is 153 Å². The Balaban J connectivity index is 1.94. The minimum absolute atomic E-state index is 0.101. The second kappa shape index (κ2) is 7.18. The molecule has 0 radical (unpaired) electrons.